The van der Waals surface area contributed by atoms with Gasteiger partial charge in [-0.1, -0.05) is 6.92 Å². The molecule has 0 spiro atoms. The van der Waals surface area contributed by atoms with Crippen LogP contribution in [0.2, 0.25) is 0 Å². The topological polar surface area (TPSA) is 73.6 Å². The molecule has 5 nitrogen and oxygen atoms in total. The first-order chi connectivity index (χ1) is 9.72. The summed E-state index contributed by atoms with van der Waals surface area (Å²) in [6.07, 6.45) is 2.83. The van der Waals surface area contributed by atoms with Gasteiger partial charge in [-0.25, -0.2) is 4.98 Å². The van der Waals surface area contributed by atoms with E-state index >= 15 is 0 Å². The lowest BCUT2D eigenvalue weighted by molar-refractivity contribution is 0.960. The van der Waals surface area contributed by atoms with E-state index in [0.29, 0.717) is 11.5 Å². The molecular weight excluding hydrogens is 250 g/mol. The molecule has 0 fully saturated rings. The molecule has 2 rings (SSSR count). The van der Waals surface area contributed by atoms with Gasteiger partial charge in [0.25, 0.3) is 0 Å². The molecule has 0 atom stereocenters. The molecule has 0 unspecified atom stereocenters. The lowest BCUT2D eigenvalue weighted by atomic mass is 10.2. The summed E-state index contributed by atoms with van der Waals surface area (Å²) >= 11 is 0. The van der Waals surface area contributed by atoms with Crippen LogP contribution >= 0.6 is 0 Å². The van der Waals surface area contributed by atoms with Crippen molar-refractivity contribution in [2.24, 2.45) is 0 Å². The van der Waals surface area contributed by atoms with Crippen LogP contribution in [0.5, 0.6) is 0 Å². The predicted molar refractivity (Wildman–Crippen MR) is 80.0 cm³/mol. The Balaban J connectivity index is 2.14. The second-order valence-electron chi connectivity index (χ2n) is 4.47. The quantitative estimate of drug-likeness (QED) is 0.870. The molecule has 0 saturated heterocycles. The Labute approximate surface area is 118 Å². The van der Waals surface area contributed by atoms with E-state index in [1.807, 2.05) is 19.1 Å². The van der Waals surface area contributed by atoms with Gasteiger partial charge in [-0.3, -0.25) is 0 Å². The van der Waals surface area contributed by atoms with Crippen LogP contribution in [-0.2, 0) is 0 Å². The van der Waals surface area contributed by atoms with Gasteiger partial charge in [-0.05, 0) is 37.6 Å². The summed E-state index contributed by atoms with van der Waals surface area (Å²) in [7, 11) is 0. The van der Waals surface area contributed by atoms with E-state index in [1.54, 1.807) is 18.3 Å². The summed E-state index contributed by atoms with van der Waals surface area (Å²) in [6, 6.07) is 9.27. The zero-order valence-corrected chi connectivity index (χ0v) is 11.6. The van der Waals surface area contributed by atoms with Gasteiger partial charge in [0.2, 0.25) is 5.95 Å². The number of aryl methyl sites for hydroxylation is 1. The largest absolute Gasteiger partial charge is 0.370 e. The molecule has 0 aliphatic rings. The molecule has 2 N–H and O–H groups in total. The van der Waals surface area contributed by atoms with E-state index < -0.39 is 0 Å². The summed E-state index contributed by atoms with van der Waals surface area (Å²) in [6.45, 7) is 4.97. The molecule has 0 radical (unpaired) electrons. The monoisotopic (exact) mass is 267 g/mol. The standard InChI is InChI=1S/C15H17N5/c1-3-8-17-14-11(2)10-18-15(20-14)19-13-6-4-12(9-16)5-7-13/h4-7,10H,3,8H2,1-2H3,(H2,17,18,19,20). The Kier molecular flexibility index (Phi) is 4.51. The Morgan fingerprint density at radius 1 is 1.25 bits per heavy atom. The maximum Gasteiger partial charge on any atom is 0.229 e. The highest BCUT2D eigenvalue weighted by Gasteiger charge is 2.03. The van der Waals surface area contributed by atoms with E-state index in [0.717, 1.165) is 30.0 Å². The summed E-state index contributed by atoms with van der Waals surface area (Å²) in [4.78, 5) is 8.71. The number of hydrogen-bond donors (Lipinski definition) is 2. The Bertz CT molecular complexity index is 613. The van der Waals surface area contributed by atoms with Crippen molar-refractivity contribution in [2.45, 2.75) is 20.3 Å². The average Bonchev–Trinajstić information content (AvgIpc) is 2.48. The summed E-state index contributed by atoms with van der Waals surface area (Å²) in [5.41, 5.74) is 2.50. The molecule has 102 valence electrons. The lowest BCUT2D eigenvalue weighted by Crippen LogP contribution is -2.06. The van der Waals surface area contributed by atoms with Crippen molar-refractivity contribution in [2.75, 3.05) is 17.2 Å². The van der Waals surface area contributed by atoms with Crippen LogP contribution < -0.4 is 10.6 Å². The average molecular weight is 267 g/mol. The molecule has 2 aromatic rings. The minimum absolute atomic E-state index is 0.541. The van der Waals surface area contributed by atoms with Crippen molar-refractivity contribution >= 4 is 17.5 Å². The fraction of sp³-hybridized carbons (Fsp3) is 0.267. The minimum atomic E-state index is 0.541. The van der Waals surface area contributed by atoms with Gasteiger partial charge in [0, 0.05) is 24.0 Å². The predicted octanol–water partition coefficient (Wildman–Crippen LogP) is 3.22. The molecule has 0 saturated carbocycles. The third-order valence-corrected chi connectivity index (χ3v) is 2.78. The van der Waals surface area contributed by atoms with E-state index in [1.165, 1.54) is 0 Å². The Morgan fingerprint density at radius 3 is 2.65 bits per heavy atom. The lowest BCUT2D eigenvalue weighted by Gasteiger charge is -2.10. The summed E-state index contributed by atoms with van der Waals surface area (Å²) in [5.74, 6) is 1.39. The number of nitriles is 1. The minimum Gasteiger partial charge on any atom is -0.370 e. The molecule has 1 aromatic carbocycles. The molecule has 1 heterocycles. The number of aromatic nitrogens is 2. The van der Waals surface area contributed by atoms with Gasteiger partial charge in [-0.15, -0.1) is 0 Å². The maximum atomic E-state index is 8.76. The first-order valence-corrected chi connectivity index (χ1v) is 6.57. The zero-order chi connectivity index (χ0) is 14.4. The van der Waals surface area contributed by atoms with Gasteiger partial charge in [0.05, 0.1) is 11.6 Å². The third kappa shape index (κ3) is 3.45. The van der Waals surface area contributed by atoms with Crippen molar-refractivity contribution in [3.8, 4) is 6.07 Å². The number of nitrogens with zero attached hydrogens (tertiary/aromatic N) is 3. The molecule has 20 heavy (non-hydrogen) atoms. The third-order valence-electron chi connectivity index (χ3n) is 2.78. The number of anilines is 3. The summed E-state index contributed by atoms with van der Waals surface area (Å²) in [5, 5.41) is 15.2. The Morgan fingerprint density at radius 2 is 2.00 bits per heavy atom. The van der Waals surface area contributed by atoms with E-state index in [4.69, 9.17) is 5.26 Å². The van der Waals surface area contributed by atoms with Crippen LogP contribution in [0, 0.1) is 18.3 Å². The van der Waals surface area contributed by atoms with Crippen LogP contribution in [-0.4, -0.2) is 16.5 Å². The Hall–Kier alpha value is -2.61. The number of benzene rings is 1. The molecule has 0 amide bonds. The van der Waals surface area contributed by atoms with Crippen LogP contribution in [0.25, 0.3) is 0 Å². The van der Waals surface area contributed by atoms with Gasteiger partial charge >= 0.3 is 0 Å². The molecular formula is C15H17N5. The van der Waals surface area contributed by atoms with Crippen molar-refractivity contribution in [3.05, 3.63) is 41.6 Å². The number of nitrogens with one attached hydrogen (secondary N) is 2. The second kappa shape index (κ2) is 6.53. The highest BCUT2D eigenvalue weighted by atomic mass is 15.1. The van der Waals surface area contributed by atoms with Gasteiger partial charge in [0.1, 0.15) is 5.82 Å². The van der Waals surface area contributed by atoms with Crippen LogP contribution in [0.4, 0.5) is 17.5 Å². The maximum absolute atomic E-state index is 8.76. The highest BCUT2D eigenvalue weighted by molar-refractivity contribution is 5.57. The van der Waals surface area contributed by atoms with Gasteiger partial charge in [-0.2, -0.15) is 10.2 Å². The molecule has 1 aromatic heterocycles. The normalized spacial score (nSPS) is 9.85. The van der Waals surface area contributed by atoms with Crippen molar-refractivity contribution < 1.29 is 0 Å². The fourth-order valence-corrected chi connectivity index (χ4v) is 1.68. The molecule has 0 aliphatic heterocycles. The van der Waals surface area contributed by atoms with Gasteiger partial charge in [0.15, 0.2) is 0 Å². The second-order valence-corrected chi connectivity index (χ2v) is 4.47. The van der Waals surface area contributed by atoms with Crippen LogP contribution in [0.1, 0.15) is 24.5 Å². The smallest absolute Gasteiger partial charge is 0.229 e. The molecule has 0 bridgehead atoms. The number of rotatable bonds is 5. The first-order valence-electron chi connectivity index (χ1n) is 6.57. The van der Waals surface area contributed by atoms with Crippen LogP contribution in [0.15, 0.2) is 30.5 Å². The van der Waals surface area contributed by atoms with Crippen molar-refractivity contribution in [1.82, 2.24) is 9.97 Å². The van der Waals surface area contributed by atoms with Gasteiger partial charge < -0.3 is 10.6 Å². The highest BCUT2D eigenvalue weighted by Crippen LogP contribution is 2.17. The van der Waals surface area contributed by atoms with E-state index in [9.17, 15) is 0 Å². The molecule has 5 heteroatoms. The van der Waals surface area contributed by atoms with E-state index in [2.05, 4.69) is 33.6 Å². The van der Waals surface area contributed by atoms with Crippen molar-refractivity contribution in [1.29, 1.82) is 5.26 Å². The van der Waals surface area contributed by atoms with Crippen LogP contribution in [0.3, 0.4) is 0 Å². The van der Waals surface area contributed by atoms with Crippen molar-refractivity contribution in [3.63, 3.8) is 0 Å². The van der Waals surface area contributed by atoms with E-state index in [-0.39, 0.29) is 0 Å². The zero-order valence-electron chi connectivity index (χ0n) is 11.6. The summed E-state index contributed by atoms with van der Waals surface area (Å²) < 4.78 is 0. The fourth-order valence-electron chi connectivity index (χ4n) is 1.68. The molecule has 0 aliphatic carbocycles. The first kappa shape index (κ1) is 13.8. The number of hydrogen-bond acceptors (Lipinski definition) is 5. The SMILES string of the molecule is CCCNc1nc(Nc2ccc(C#N)cc2)ncc1C.